The first-order valence-electron chi connectivity index (χ1n) is 10.6. The van der Waals surface area contributed by atoms with Crippen molar-refractivity contribution in [2.24, 2.45) is 0 Å². The Labute approximate surface area is 190 Å². The van der Waals surface area contributed by atoms with Crippen LogP contribution in [0, 0.1) is 0 Å². The quantitative estimate of drug-likeness (QED) is 0.465. The van der Waals surface area contributed by atoms with Crippen molar-refractivity contribution in [2.45, 2.75) is 85.2 Å². The summed E-state index contributed by atoms with van der Waals surface area (Å²) >= 11 is 0. The second-order valence-electron chi connectivity index (χ2n) is 10.4. The minimum atomic E-state index is -0.933. The molecule has 1 amide bonds. The van der Waals surface area contributed by atoms with Gasteiger partial charge in [0.05, 0.1) is 12.2 Å². The van der Waals surface area contributed by atoms with Crippen molar-refractivity contribution in [1.82, 2.24) is 5.32 Å². The van der Waals surface area contributed by atoms with Gasteiger partial charge in [0.1, 0.15) is 23.0 Å². The van der Waals surface area contributed by atoms with E-state index in [-0.39, 0.29) is 19.0 Å². The summed E-state index contributed by atoms with van der Waals surface area (Å²) in [6, 6.07) is 5.35. The molecule has 8 heteroatoms. The Morgan fingerprint density at radius 2 is 1.34 bits per heavy atom. The molecule has 0 aliphatic heterocycles. The zero-order valence-corrected chi connectivity index (χ0v) is 20.7. The fourth-order valence-corrected chi connectivity index (χ4v) is 2.40. The van der Waals surface area contributed by atoms with E-state index in [2.05, 4.69) is 5.32 Å². The normalized spacial score (nSPS) is 13.2. The number of nitrogens with one attached hydrogen (secondary N) is 1. The average Bonchev–Trinajstić information content (AvgIpc) is 2.59. The first kappa shape index (κ1) is 27.4. The molecule has 0 fully saturated rings. The van der Waals surface area contributed by atoms with Gasteiger partial charge in [0.25, 0.3) is 0 Å². The minimum Gasteiger partial charge on any atom is -0.482 e. The van der Waals surface area contributed by atoms with E-state index in [0.29, 0.717) is 11.3 Å². The zero-order valence-electron chi connectivity index (χ0n) is 20.7. The summed E-state index contributed by atoms with van der Waals surface area (Å²) in [5.41, 5.74) is -1.43. The topological polar surface area (TPSA) is 100 Å². The minimum absolute atomic E-state index is 0.0154. The fraction of sp³-hybridized carbons (Fsp3) is 0.625. The number of alkyl carbamates (subject to hydrolysis) is 1. The maximum Gasteiger partial charge on any atom is 0.408 e. The number of hydrogen-bond acceptors (Lipinski definition) is 7. The van der Waals surface area contributed by atoms with Gasteiger partial charge >= 0.3 is 12.1 Å². The molecule has 1 rings (SSSR count). The van der Waals surface area contributed by atoms with Crippen LogP contribution in [-0.4, -0.2) is 53.9 Å². The number of hydrogen-bond donors (Lipinski definition) is 1. The van der Waals surface area contributed by atoms with Crippen molar-refractivity contribution in [3.63, 3.8) is 0 Å². The lowest BCUT2D eigenvalue weighted by atomic mass is 10.0. The maximum absolute atomic E-state index is 13.0. The number of esters is 1. The summed E-state index contributed by atoms with van der Waals surface area (Å²) in [5, 5.41) is 2.59. The molecule has 0 spiro atoms. The van der Waals surface area contributed by atoms with Crippen LogP contribution < -0.4 is 10.1 Å². The molecule has 0 aromatic heterocycles. The van der Waals surface area contributed by atoms with Crippen molar-refractivity contribution in [1.29, 1.82) is 0 Å². The van der Waals surface area contributed by atoms with E-state index in [1.54, 1.807) is 65.8 Å². The Bertz CT molecular complexity index is 781. The molecule has 1 atom stereocenters. The number of rotatable bonds is 8. The van der Waals surface area contributed by atoms with Crippen molar-refractivity contribution in [3.8, 4) is 5.75 Å². The van der Waals surface area contributed by atoms with Crippen LogP contribution >= 0.6 is 0 Å². The summed E-state index contributed by atoms with van der Waals surface area (Å²) in [4.78, 5) is 37.0. The zero-order chi connectivity index (χ0) is 24.7. The molecular formula is C24H37NO7. The molecule has 1 N–H and O–H groups in total. The van der Waals surface area contributed by atoms with E-state index in [9.17, 15) is 14.4 Å². The summed E-state index contributed by atoms with van der Waals surface area (Å²) in [6.45, 7) is 15.9. The molecule has 0 aliphatic carbocycles. The Kier molecular flexibility index (Phi) is 9.26. The number of ether oxygens (including phenoxy) is 4. The van der Waals surface area contributed by atoms with Crippen LogP contribution in [0.2, 0.25) is 0 Å². The molecule has 0 unspecified atom stereocenters. The Balaban J connectivity index is 2.85. The van der Waals surface area contributed by atoms with E-state index in [1.807, 2.05) is 20.8 Å². The van der Waals surface area contributed by atoms with Gasteiger partial charge in [-0.1, -0.05) is 0 Å². The first-order valence-corrected chi connectivity index (χ1v) is 10.6. The van der Waals surface area contributed by atoms with Crippen LogP contribution in [0.5, 0.6) is 5.75 Å². The molecule has 0 bridgehead atoms. The van der Waals surface area contributed by atoms with Crippen LogP contribution in [0.3, 0.4) is 0 Å². The van der Waals surface area contributed by atoms with Gasteiger partial charge in [-0.2, -0.15) is 0 Å². The largest absolute Gasteiger partial charge is 0.482 e. The highest BCUT2D eigenvalue weighted by Gasteiger charge is 2.27. The fourth-order valence-electron chi connectivity index (χ4n) is 2.40. The smallest absolute Gasteiger partial charge is 0.408 e. The molecule has 0 heterocycles. The van der Waals surface area contributed by atoms with E-state index < -0.39 is 34.9 Å². The predicted molar refractivity (Wildman–Crippen MR) is 121 cm³/mol. The van der Waals surface area contributed by atoms with Crippen LogP contribution in [0.1, 0.15) is 72.7 Å². The Morgan fingerprint density at radius 3 is 1.81 bits per heavy atom. The highest BCUT2D eigenvalue weighted by molar-refractivity contribution is 6.01. The number of carbonyl (C=O) groups is 3. The van der Waals surface area contributed by atoms with Gasteiger partial charge in [-0.15, -0.1) is 0 Å². The summed E-state index contributed by atoms with van der Waals surface area (Å²) < 4.78 is 21.6. The van der Waals surface area contributed by atoms with Crippen molar-refractivity contribution >= 4 is 17.8 Å². The van der Waals surface area contributed by atoms with Crippen LogP contribution in [0.25, 0.3) is 0 Å². The van der Waals surface area contributed by atoms with E-state index >= 15 is 0 Å². The summed E-state index contributed by atoms with van der Waals surface area (Å²) in [5.74, 6) is -0.410. The van der Waals surface area contributed by atoms with Gasteiger partial charge in [-0.05, 0) is 86.6 Å². The Hall–Kier alpha value is -2.61. The number of amides is 1. The van der Waals surface area contributed by atoms with Crippen LogP contribution in [0.15, 0.2) is 24.3 Å². The van der Waals surface area contributed by atoms with Gasteiger partial charge in [-0.25, -0.2) is 9.59 Å². The summed E-state index contributed by atoms with van der Waals surface area (Å²) in [7, 11) is 0. The number of Topliss-reactive ketones (excluding diaryl/α,β-unsaturated/α-hetero) is 1. The molecule has 180 valence electrons. The number of carbonyl (C=O) groups excluding carboxylic acids is 3. The molecule has 1 aromatic rings. The standard InChI is InChI=1S/C24H37NO7/c1-22(2,3)30-14-18(25-21(28)32-24(7,8)9)20(27)16-10-12-17(13-11-16)29-15-19(26)31-23(4,5)6/h10-13,18H,14-15H2,1-9H3,(H,25,28)/t18-/m0/s1. The van der Waals surface area contributed by atoms with Crippen LogP contribution in [-0.2, 0) is 19.0 Å². The molecular weight excluding hydrogens is 414 g/mol. The predicted octanol–water partition coefficient (Wildman–Crippen LogP) is 4.30. The van der Waals surface area contributed by atoms with Crippen LogP contribution in [0.4, 0.5) is 4.79 Å². The monoisotopic (exact) mass is 451 g/mol. The van der Waals surface area contributed by atoms with Crippen molar-refractivity contribution in [3.05, 3.63) is 29.8 Å². The lowest BCUT2D eigenvalue weighted by Crippen LogP contribution is -2.47. The molecule has 0 saturated heterocycles. The molecule has 1 aromatic carbocycles. The number of ketones is 1. The third-order valence-corrected chi connectivity index (χ3v) is 3.61. The summed E-state index contributed by atoms with van der Waals surface area (Å²) in [6.07, 6.45) is -0.703. The van der Waals surface area contributed by atoms with Gasteiger partial charge < -0.3 is 24.3 Å². The SMILES string of the molecule is CC(C)(C)OC[C@H](NC(=O)OC(C)(C)C)C(=O)c1ccc(OCC(=O)OC(C)(C)C)cc1. The van der Waals surface area contributed by atoms with E-state index in [0.717, 1.165) is 0 Å². The van der Waals surface area contributed by atoms with Crippen molar-refractivity contribution in [2.75, 3.05) is 13.2 Å². The van der Waals surface area contributed by atoms with Gasteiger partial charge in [0.15, 0.2) is 12.4 Å². The van der Waals surface area contributed by atoms with Crippen molar-refractivity contribution < 1.29 is 33.3 Å². The maximum atomic E-state index is 13.0. The molecule has 0 saturated carbocycles. The van der Waals surface area contributed by atoms with E-state index in [1.165, 1.54) is 0 Å². The second kappa shape index (κ2) is 10.8. The van der Waals surface area contributed by atoms with Gasteiger partial charge in [0.2, 0.25) is 0 Å². The lowest BCUT2D eigenvalue weighted by Gasteiger charge is -2.26. The number of benzene rings is 1. The Morgan fingerprint density at radius 1 is 0.812 bits per heavy atom. The third-order valence-electron chi connectivity index (χ3n) is 3.61. The average molecular weight is 452 g/mol. The highest BCUT2D eigenvalue weighted by Crippen LogP contribution is 2.16. The van der Waals surface area contributed by atoms with E-state index in [4.69, 9.17) is 18.9 Å². The third kappa shape index (κ3) is 11.7. The molecule has 0 radical (unpaired) electrons. The molecule has 8 nitrogen and oxygen atoms in total. The molecule has 32 heavy (non-hydrogen) atoms. The van der Waals surface area contributed by atoms with Gasteiger partial charge in [-0.3, -0.25) is 4.79 Å². The second-order valence-corrected chi connectivity index (χ2v) is 10.4. The first-order chi connectivity index (χ1) is 14.5. The highest BCUT2D eigenvalue weighted by atomic mass is 16.6. The molecule has 0 aliphatic rings. The lowest BCUT2D eigenvalue weighted by molar-refractivity contribution is -0.157. The van der Waals surface area contributed by atoms with Gasteiger partial charge in [0, 0.05) is 5.56 Å².